The number of amides is 1. The number of benzene rings is 1. The minimum atomic E-state index is -0.0423. The summed E-state index contributed by atoms with van der Waals surface area (Å²) in [5, 5.41) is 10.1. The lowest BCUT2D eigenvalue weighted by Gasteiger charge is -2.07. The van der Waals surface area contributed by atoms with Crippen molar-refractivity contribution in [3.05, 3.63) is 51.7 Å². The van der Waals surface area contributed by atoms with Gasteiger partial charge in [-0.25, -0.2) is 0 Å². The SMILES string of the molecule is CCNCc1cccc(NC(=O)c2cscc2C)c1. The molecule has 0 saturated heterocycles. The van der Waals surface area contributed by atoms with Crippen LogP contribution in [0.15, 0.2) is 35.0 Å². The van der Waals surface area contributed by atoms with Crippen LogP contribution in [0.4, 0.5) is 5.69 Å². The molecule has 4 heteroatoms. The number of nitrogens with one attached hydrogen (secondary N) is 2. The lowest BCUT2D eigenvalue weighted by Crippen LogP contribution is -2.14. The average Bonchev–Trinajstić information content (AvgIpc) is 2.83. The fourth-order valence-electron chi connectivity index (χ4n) is 1.82. The van der Waals surface area contributed by atoms with Gasteiger partial charge in [-0.1, -0.05) is 19.1 Å². The Hall–Kier alpha value is -1.65. The highest BCUT2D eigenvalue weighted by molar-refractivity contribution is 7.08. The highest BCUT2D eigenvalue weighted by atomic mass is 32.1. The van der Waals surface area contributed by atoms with Crippen molar-refractivity contribution in [3.63, 3.8) is 0 Å². The molecular weight excluding hydrogens is 256 g/mol. The van der Waals surface area contributed by atoms with E-state index in [-0.39, 0.29) is 5.91 Å². The lowest BCUT2D eigenvalue weighted by atomic mass is 10.1. The molecule has 2 aromatic rings. The number of hydrogen-bond acceptors (Lipinski definition) is 3. The minimum absolute atomic E-state index is 0.0423. The Labute approximate surface area is 117 Å². The highest BCUT2D eigenvalue weighted by Gasteiger charge is 2.09. The molecule has 0 aliphatic rings. The third-order valence-electron chi connectivity index (χ3n) is 2.86. The van der Waals surface area contributed by atoms with Crippen molar-refractivity contribution in [1.29, 1.82) is 0 Å². The van der Waals surface area contributed by atoms with Gasteiger partial charge in [-0.05, 0) is 42.1 Å². The van der Waals surface area contributed by atoms with Crippen LogP contribution in [-0.4, -0.2) is 12.5 Å². The number of aryl methyl sites for hydroxylation is 1. The number of rotatable bonds is 5. The van der Waals surface area contributed by atoms with Gasteiger partial charge in [-0.3, -0.25) is 4.79 Å². The number of hydrogen-bond donors (Lipinski definition) is 2. The van der Waals surface area contributed by atoms with Gasteiger partial charge in [-0.15, -0.1) is 0 Å². The smallest absolute Gasteiger partial charge is 0.256 e. The molecule has 0 radical (unpaired) electrons. The lowest BCUT2D eigenvalue weighted by molar-refractivity contribution is 0.102. The van der Waals surface area contributed by atoms with E-state index in [2.05, 4.69) is 17.6 Å². The first-order valence-corrected chi connectivity index (χ1v) is 7.28. The molecule has 0 aliphatic heterocycles. The van der Waals surface area contributed by atoms with Gasteiger partial charge in [0.05, 0.1) is 5.56 Å². The Balaban J connectivity index is 2.07. The summed E-state index contributed by atoms with van der Waals surface area (Å²) < 4.78 is 0. The van der Waals surface area contributed by atoms with Crippen molar-refractivity contribution < 1.29 is 4.79 Å². The van der Waals surface area contributed by atoms with Gasteiger partial charge in [0.1, 0.15) is 0 Å². The molecule has 1 aromatic carbocycles. The zero-order chi connectivity index (χ0) is 13.7. The predicted molar refractivity (Wildman–Crippen MR) is 80.8 cm³/mol. The average molecular weight is 274 g/mol. The highest BCUT2D eigenvalue weighted by Crippen LogP contribution is 2.17. The van der Waals surface area contributed by atoms with Crippen molar-refractivity contribution in [2.45, 2.75) is 20.4 Å². The number of anilines is 1. The fourth-order valence-corrected chi connectivity index (χ4v) is 2.65. The quantitative estimate of drug-likeness (QED) is 0.877. The van der Waals surface area contributed by atoms with E-state index in [1.54, 1.807) is 11.3 Å². The second-order valence-electron chi connectivity index (χ2n) is 4.40. The molecule has 0 saturated carbocycles. The largest absolute Gasteiger partial charge is 0.322 e. The van der Waals surface area contributed by atoms with Crippen LogP contribution in [0.2, 0.25) is 0 Å². The maximum atomic E-state index is 12.1. The van der Waals surface area contributed by atoms with Gasteiger partial charge in [0.25, 0.3) is 5.91 Å². The first-order valence-electron chi connectivity index (χ1n) is 6.34. The Bertz CT molecular complexity index is 563. The zero-order valence-corrected chi connectivity index (χ0v) is 12.0. The Kier molecular flexibility index (Phi) is 4.71. The molecular formula is C15H18N2OS. The van der Waals surface area contributed by atoms with Crippen LogP contribution in [0.25, 0.3) is 0 Å². The van der Waals surface area contributed by atoms with Crippen LogP contribution in [0, 0.1) is 6.92 Å². The van der Waals surface area contributed by atoms with E-state index in [9.17, 15) is 4.79 Å². The van der Waals surface area contributed by atoms with E-state index in [0.717, 1.165) is 29.9 Å². The molecule has 0 aliphatic carbocycles. The van der Waals surface area contributed by atoms with Gasteiger partial charge < -0.3 is 10.6 Å². The van der Waals surface area contributed by atoms with Crippen molar-refractivity contribution in [3.8, 4) is 0 Å². The number of thiophene rings is 1. The van der Waals surface area contributed by atoms with Crippen molar-refractivity contribution in [2.75, 3.05) is 11.9 Å². The molecule has 0 bridgehead atoms. The normalized spacial score (nSPS) is 10.4. The summed E-state index contributed by atoms with van der Waals surface area (Å²) in [6.07, 6.45) is 0. The summed E-state index contributed by atoms with van der Waals surface area (Å²) in [5.41, 5.74) is 3.78. The molecule has 1 amide bonds. The van der Waals surface area contributed by atoms with Crippen LogP contribution in [0.3, 0.4) is 0 Å². The number of carbonyl (C=O) groups excluding carboxylic acids is 1. The van der Waals surface area contributed by atoms with Gasteiger partial charge >= 0.3 is 0 Å². The summed E-state index contributed by atoms with van der Waals surface area (Å²) in [7, 11) is 0. The molecule has 1 aromatic heterocycles. The van der Waals surface area contributed by atoms with Crippen LogP contribution >= 0.6 is 11.3 Å². The summed E-state index contributed by atoms with van der Waals surface area (Å²) in [4.78, 5) is 12.1. The van der Waals surface area contributed by atoms with Crippen molar-refractivity contribution >= 4 is 22.9 Å². The van der Waals surface area contributed by atoms with Gasteiger partial charge in [0, 0.05) is 17.6 Å². The standard InChI is InChI=1S/C15H18N2OS/c1-3-16-8-12-5-4-6-13(7-12)17-15(18)14-10-19-9-11(14)2/h4-7,9-10,16H,3,8H2,1-2H3,(H,17,18). The van der Waals surface area contributed by atoms with E-state index in [0.29, 0.717) is 0 Å². The first kappa shape index (κ1) is 13.8. The zero-order valence-electron chi connectivity index (χ0n) is 11.2. The molecule has 2 N–H and O–H groups in total. The second kappa shape index (κ2) is 6.50. The molecule has 0 atom stereocenters. The first-order chi connectivity index (χ1) is 9.20. The van der Waals surface area contributed by atoms with E-state index in [4.69, 9.17) is 0 Å². The van der Waals surface area contributed by atoms with Crippen molar-refractivity contribution in [2.24, 2.45) is 0 Å². The molecule has 0 spiro atoms. The Morgan fingerprint density at radius 2 is 2.16 bits per heavy atom. The van der Waals surface area contributed by atoms with Crippen LogP contribution in [0.1, 0.15) is 28.4 Å². The molecule has 0 fully saturated rings. The molecule has 19 heavy (non-hydrogen) atoms. The molecule has 0 unspecified atom stereocenters. The Morgan fingerprint density at radius 3 is 2.84 bits per heavy atom. The molecule has 3 nitrogen and oxygen atoms in total. The van der Waals surface area contributed by atoms with Gasteiger partial charge in [0.2, 0.25) is 0 Å². The Morgan fingerprint density at radius 1 is 1.32 bits per heavy atom. The van der Waals surface area contributed by atoms with Crippen LogP contribution in [-0.2, 0) is 6.54 Å². The molecule has 100 valence electrons. The summed E-state index contributed by atoms with van der Waals surface area (Å²) >= 11 is 1.55. The van der Waals surface area contributed by atoms with E-state index in [1.807, 2.05) is 41.9 Å². The van der Waals surface area contributed by atoms with E-state index < -0.39 is 0 Å². The fraction of sp³-hybridized carbons (Fsp3) is 0.267. The maximum Gasteiger partial charge on any atom is 0.256 e. The monoisotopic (exact) mass is 274 g/mol. The molecule has 2 rings (SSSR count). The minimum Gasteiger partial charge on any atom is -0.322 e. The summed E-state index contributed by atoms with van der Waals surface area (Å²) in [6.45, 7) is 5.78. The summed E-state index contributed by atoms with van der Waals surface area (Å²) in [6, 6.07) is 7.92. The summed E-state index contributed by atoms with van der Waals surface area (Å²) in [5.74, 6) is -0.0423. The van der Waals surface area contributed by atoms with Gasteiger partial charge in [-0.2, -0.15) is 11.3 Å². The van der Waals surface area contributed by atoms with Crippen LogP contribution in [0.5, 0.6) is 0 Å². The third kappa shape index (κ3) is 3.66. The third-order valence-corrected chi connectivity index (χ3v) is 3.73. The number of carbonyl (C=O) groups is 1. The second-order valence-corrected chi connectivity index (χ2v) is 5.15. The van der Waals surface area contributed by atoms with E-state index >= 15 is 0 Å². The van der Waals surface area contributed by atoms with E-state index in [1.165, 1.54) is 5.56 Å². The maximum absolute atomic E-state index is 12.1. The van der Waals surface area contributed by atoms with Crippen molar-refractivity contribution in [1.82, 2.24) is 5.32 Å². The molecule has 1 heterocycles. The van der Waals surface area contributed by atoms with Gasteiger partial charge in [0.15, 0.2) is 0 Å². The predicted octanol–water partition coefficient (Wildman–Crippen LogP) is 3.42. The topological polar surface area (TPSA) is 41.1 Å². The van der Waals surface area contributed by atoms with Crippen LogP contribution < -0.4 is 10.6 Å².